The fraction of sp³-hybridized carbons (Fsp3) is 0.615. The fourth-order valence-corrected chi connectivity index (χ4v) is 1.94. The van der Waals surface area contributed by atoms with Crippen LogP contribution in [0.4, 0.5) is 5.82 Å². The fourth-order valence-electron chi connectivity index (χ4n) is 1.77. The third-order valence-electron chi connectivity index (χ3n) is 2.79. The van der Waals surface area contributed by atoms with Gasteiger partial charge in [-0.25, -0.2) is 4.98 Å². The van der Waals surface area contributed by atoms with Crippen LogP contribution in [0.1, 0.15) is 19.0 Å². The summed E-state index contributed by atoms with van der Waals surface area (Å²) in [5.74, 6) is 0.879. The molecule has 18 heavy (non-hydrogen) atoms. The molecule has 1 heterocycles. The lowest BCUT2D eigenvalue weighted by Crippen LogP contribution is -2.28. The van der Waals surface area contributed by atoms with E-state index < -0.39 is 0 Å². The molecule has 4 nitrogen and oxygen atoms in total. The molecule has 0 aliphatic rings. The maximum atomic E-state index is 9.17. The van der Waals surface area contributed by atoms with Crippen LogP contribution in [0, 0.1) is 0 Å². The van der Waals surface area contributed by atoms with Crippen LogP contribution < -0.4 is 4.90 Å². The summed E-state index contributed by atoms with van der Waals surface area (Å²) >= 11 is 5.94. The first-order chi connectivity index (χ1) is 8.58. The minimum absolute atomic E-state index is 0.123. The van der Waals surface area contributed by atoms with E-state index in [2.05, 4.69) is 35.8 Å². The van der Waals surface area contributed by atoms with Gasteiger partial charge < -0.3 is 14.9 Å². The Bertz CT molecular complexity index is 371. The minimum atomic E-state index is -0.123. The molecular formula is C13H22ClN3O. The lowest BCUT2D eigenvalue weighted by Gasteiger charge is -2.23. The molecule has 0 spiro atoms. The topological polar surface area (TPSA) is 39.6 Å². The Kier molecular flexibility index (Phi) is 6.39. The summed E-state index contributed by atoms with van der Waals surface area (Å²) in [5.41, 5.74) is 0.542. The van der Waals surface area contributed by atoms with Gasteiger partial charge in [-0.1, -0.05) is 11.6 Å². The number of halogens is 1. The maximum absolute atomic E-state index is 9.17. The number of aliphatic hydroxyl groups excluding tert-OH is 1. The van der Waals surface area contributed by atoms with E-state index in [0.29, 0.717) is 10.7 Å². The number of hydrogen-bond donors (Lipinski definition) is 1. The Balaban J connectivity index is 2.69. The molecule has 0 aromatic carbocycles. The van der Waals surface area contributed by atoms with E-state index in [1.54, 1.807) is 6.07 Å². The minimum Gasteiger partial charge on any atom is -0.390 e. The third kappa shape index (κ3) is 4.44. The van der Waals surface area contributed by atoms with E-state index in [4.69, 9.17) is 11.6 Å². The predicted molar refractivity (Wildman–Crippen MR) is 76.2 cm³/mol. The molecule has 1 aromatic heterocycles. The smallest absolute Gasteiger partial charge is 0.129 e. The van der Waals surface area contributed by atoms with Crippen molar-refractivity contribution in [3.8, 4) is 0 Å². The van der Waals surface area contributed by atoms with E-state index in [-0.39, 0.29) is 6.61 Å². The Morgan fingerprint density at radius 1 is 1.28 bits per heavy atom. The summed E-state index contributed by atoms with van der Waals surface area (Å²) in [6.45, 7) is 4.88. The van der Waals surface area contributed by atoms with Gasteiger partial charge >= 0.3 is 0 Å². The van der Waals surface area contributed by atoms with Crippen LogP contribution in [-0.2, 0) is 6.61 Å². The molecule has 102 valence electrons. The van der Waals surface area contributed by atoms with E-state index in [0.717, 1.165) is 31.9 Å². The zero-order chi connectivity index (χ0) is 13.5. The Labute approximate surface area is 114 Å². The van der Waals surface area contributed by atoms with E-state index in [1.807, 2.05) is 6.07 Å². The number of anilines is 1. The first-order valence-electron chi connectivity index (χ1n) is 6.24. The number of pyridine rings is 1. The van der Waals surface area contributed by atoms with Gasteiger partial charge in [0.1, 0.15) is 5.82 Å². The highest BCUT2D eigenvalue weighted by molar-refractivity contribution is 6.31. The number of hydrogen-bond acceptors (Lipinski definition) is 4. The summed E-state index contributed by atoms with van der Waals surface area (Å²) < 4.78 is 0. The van der Waals surface area contributed by atoms with Gasteiger partial charge in [-0.15, -0.1) is 0 Å². The number of aliphatic hydroxyl groups is 1. The predicted octanol–water partition coefficient (Wildman–Crippen LogP) is 2.01. The summed E-state index contributed by atoms with van der Waals surface area (Å²) in [6.07, 6.45) is 1.08. The molecule has 0 amide bonds. The van der Waals surface area contributed by atoms with Crippen LogP contribution in [0.2, 0.25) is 5.02 Å². The van der Waals surface area contributed by atoms with Gasteiger partial charge in [-0.2, -0.15) is 0 Å². The van der Waals surface area contributed by atoms with Crippen LogP contribution >= 0.6 is 11.6 Å². The monoisotopic (exact) mass is 271 g/mol. The number of rotatable bonds is 7. The van der Waals surface area contributed by atoms with Gasteiger partial charge in [-0.05, 0) is 46.1 Å². The quantitative estimate of drug-likeness (QED) is 0.824. The van der Waals surface area contributed by atoms with Gasteiger partial charge in [0.2, 0.25) is 0 Å². The molecule has 1 N–H and O–H groups in total. The van der Waals surface area contributed by atoms with Crippen LogP contribution in [0.25, 0.3) is 0 Å². The summed E-state index contributed by atoms with van der Waals surface area (Å²) in [7, 11) is 4.14. The largest absolute Gasteiger partial charge is 0.390 e. The normalized spacial score (nSPS) is 11.0. The Morgan fingerprint density at radius 2 is 2.00 bits per heavy atom. The SMILES string of the molecule is CCN(CCCN(C)C)c1ccc(Cl)c(CO)n1. The van der Waals surface area contributed by atoms with Gasteiger partial charge in [0.05, 0.1) is 17.3 Å². The molecule has 0 aliphatic heterocycles. The van der Waals surface area contributed by atoms with Crippen molar-refractivity contribution in [3.05, 3.63) is 22.8 Å². The molecule has 0 aliphatic carbocycles. The molecule has 0 atom stereocenters. The summed E-state index contributed by atoms with van der Waals surface area (Å²) in [4.78, 5) is 8.75. The average Bonchev–Trinajstić information content (AvgIpc) is 2.35. The molecular weight excluding hydrogens is 250 g/mol. The molecule has 0 saturated heterocycles. The number of aromatic nitrogens is 1. The van der Waals surface area contributed by atoms with Crippen LogP contribution in [0.15, 0.2) is 12.1 Å². The number of nitrogens with zero attached hydrogens (tertiary/aromatic N) is 3. The molecule has 0 bridgehead atoms. The zero-order valence-electron chi connectivity index (χ0n) is 11.4. The molecule has 1 rings (SSSR count). The van der Waals surface area contributed by atoms with Crippen molar-refractivity contribution < 1.29 is 5.11 Å². The second kappa shape index (κ2) is 7.56. The van der Waals surface area contributed by atoms with Crippen molar-refractivity contribution in [2.24, 2.45) is 0 Å². The van der Waals surface area contributed by atoms with Crippen molar-refractivity contribution in [1.29, 1.82) is 0 Å². The second-order valence-electron chi connectivity index (χ2n) is 4.49. The molecule has 0 saturated carbocycles. The summed E-state index contributed by atoms with van der Waals surface area (Å²) in [6, 6.07) is 3.70. The van der Waals surface area contributed by atoms with Crippen LogP contribution in [0.3, 0.4) is 0 Å². The van der Waals surface area contributed by atoms with E-state index in [1.165, 1.54) is 0 Å². The summed E-state index contributed by atoms with van der Waals surface area (Å²) in [5, 5.41) is 9.69. The Morgan fingerprint density at radius 3 is 2.56 bits per heavy atom. The standard InChI is InChI=1S/C13H22ClN3O/c1-4-17(9-5-8-16(2)3)13-7-6-11(14)12(10-18)15-13/h6-7,18H,4-5,8-10H2,1-3H3. The second-order valence-corrected chi connectivity index (χ2v) is 4.90. The molecule has 5 heteroatoms. The van der Waals surface area contributed by atoms with Gasteiger partial charge in [0, 0.05) is 13.1 Å². The van der Waals surface area contributed by atoms with Crippen molar-refractivity contribution >= 4 is 17.4 Å². The highest BCUT2D eigenvalue weighted by Crippen LogP contribution is 2.19. The lowest BCUT2D eigenvalue weighted by molar-refractivity contribution is 0.277. The average molecular weight is 272 g/mol. The first kappa shape index (κ1) is 15.2. The van der Waals surface area contributed by atoms with E-state index in [9.17, 15) is 5.11 Å². The molecule has 0 radical (unpaired) electrons. The van der Waals surface area contributed by atoms with Crippen LogP contribution in [-0.4, -0.2) is 48.7 Å². The van der Waals surface area contributed by atoms with Gasteiger partial charge in [0.15, 0.2) is 0 Å². The van der Waals surface area contributed by atoms with Crippen molar-refractivity contribution in [3.63, 3.8) is 0 Å². The highest BCUT2D eigenvalue weighted by atomic mass is 35.5. The van der Waals surface area contributed by atoms with Gasteiger partial charge in [-0.3, -0.25) is 0 Å². The van der Waals surface area contributed by atoms with Crippen LogP contribution in [0.5, 0.6) is 0 Å². The molecule has 0 unspecified atom stereocenters. The zero-order valence-corrected chi connectivity index (χ0v) is 12.1. The van der Waals surface area contributed by atoms with Crippen molar-refractivity contribution in [1.82, 2.24) is 9.88 Å². The van der Waals surface area contributed by atoms with E-state index >= 15 is 0 Å². The third-order valence-corrected chi connectivity index (χ3v) is 3.14. The highest BCUT2D eigenvalue weighted by Gasteiger charge is 2.09. The molecule has 1 aromatic rings. The van der Waals surface area contributed by atoms with Crippen molar-refractivity contribution in [2.45, 2.75) is 20.0 Å². The lowest BCUT2D eigenvalue weighted by atomic mass is 10.3. The molecule has 0 fully saturated rings. The van der Waals surface area contributed by atoms with Gasteiger partial charge in [0.25, 0.3) is 0 Å². The maximum Gasteiger partial charge on any atom is 0.129 e. The Hall–Kier alpha value is -0.840. The first-order valence-corrected chi connectivity index (χ1v) is 6.62. The van der Waals surface area contributed by atoms with Crippen molar-refractivity contribution in [2.75, 3.05) is 38.6 Å².